The fraction of sp³-hybridized carbons (Fsp3) is 0.400. The number of hydrogen-bond acceptors (Lipinski definition) is 4. The van der Waals surface area contributed by atoms with Gasteiger partial charge in [0.2, 0.25) is 0 Å². The van der Waals surface area contributed by atoms with Gasteiger partial charge in [0.25, 0.3) is 0 Å². The fourth-order valence-corrected chi connectivity index (χ4v) is 0.612. The van der Waals surface area contributed by atoms with Crippen LogP contribution in [-0.2, 0) is 0 Å². The van der Waals surface area contributed by atoms with Gasteiger partial charge >= 0.3 is 0 Å². The van der Waals surface area contributed by atoms with E-state index in [-0.39, 0.29) is 0 Å². The molecular formula is C5H8N4. The molecule has 1 aliphatic heterocycles. The van der Waals surface area contributed by atoms with Gasteiger partial charge in [-0.05, 0) is 6.92 Å². The highest BCUT2D eigenvalue weighted by molar-refractivity contribution is 6.05. The van der Waals surface area contributed by atoms with Crippen LogP contribution in [0.15, 0.2) is 15.3 Å². The van der Waals surface area contributed by atoms with Gasteiger partial charge in [-0.15, -0.1) is 5.10 Å². The van der Waals surface area contributed by atoms with E-state index in [9.17, 15) is 0 Å². The summed E-state index contributed by atoms with van der Waals surface area (Å²) in [5.41, 5.74) is 3.63. The molecule has 0 amide bonds. The van der Waals surface area contributed by atoms with Crippen LogP contribution < -0.4 is 5.43 Å². The van der Waals surface area contributed by atoms with Crippen molar-refractivity contribution in [1.29, 1.82) is 0 Å². The molecule has 4 heteroatoms. The van der Waals surface area contributed by atoms with Crippen LogP contribution in [0, 0.1) is 0 Å². The summed E-state index contributed by atoms with van der Waals surface area (Å²) >= 11 is 0. The van der Waals surface area contributed by atoms with Gasteiger partial charge < -0.3 is 0 Å². The van der Waals surface area contributed by atoms with Crippen molar-refractivity contribution < 1.29 is 0 Å². The zero-order valence-corrected chi connectivity index (χ0v) is 5.26. The van der Waals surface area contributed by atoms with Crippen molar-refractivity contribution in [3.05, 3.63) is 0 Å². The Labute approximate surface area is 53.4 Å². The molecule has 48 valence electrons. The largest absolute Gasteiger partial charge is 0.264 e. The van der Waals surface area contributed by atoms with E-state index < -0.39 is 0 Å². The molecule has 0 saturated carbocycles. The van der Waals surface area contributed by atoms with Crippen molar-refractivity contribution in [1.82, 2.24) is 5.43 Å². The van der Waals surface area contributed by atoms with Crippen molar-refractivity contribution in [2.45, 2.75) is 13.3 Å². The summed E-state index contributed by atoms with van der Waals surface area (Å²) in [4.78, 5) is 0. The van der Waals surface area contributed by atoms with Crippen LogP contribution in [0.5, 0.6) is 0 Å². The molecule has 0 aliphatic carbocycles. The number of hydrazone groups is 1. The van der Waals surface area contributed by atoms with Gasteiger partial charge in [0.05, 0.1) is 0 Å². The Morgan fingerprint density at radius 2 is 2.44 bits per heavy atom. The highest BCUT2D eigenvalue weighted by atomic mass is 15.4. The average Bonchev–Trinajstić information content (AvgIpc) is 2.17. The van der Waals surface area contributed by atoms with Crippen molar-refractivity contribution in [2.24, 2.45) is 15.3 Å². The SMILES string of the molecule is C=NNC1=NN=C(C)C1. The van der Waals surface area contributed by atoms with E-state index >= 15 is 0 Å². The quantitative estimate of drug-likeness (QED) is 0.398. The van der Waals surface area contributed by atoms with Gasteiger partial charge in [-0.25, -0.2) is 0 Å². The number of hydrogen-bond donors (Lipinski definition) is 1. The second kappa shape index (κ2) is 2.39. The Kier molecular flexibility index (Phi) is 1.58. The van der Waals surface area contributed by atoms with Crippen LogP contribution in [0.3, 0.4) is 0 Å². The highest BCUT2D eigenvalue weighted by Crippen LogP contribution is 1.98. The van der Waals surface area contributed by atoms with E-state index in [4.69, 9.17) is 0 Å². The van der Waals surface area contributed by atoms with Crippen LogP contribution >= 0.6 is 0 Å². The normalized spacial score (nSPS) is 16.6. The maximum absolute atomic E-state index is 3.79. The van der Waals surface area contributed by atoms with E-state index in [1.165, 1.54) is 0 Å². The maximum atomic E-state index is 3.79. The van der Waals surface area contributed by atoms with Gasteiger partial charge in [0, 0.05) is 18.9 Å². The third kappa shape index (κ3) is 1.35. The summed E-state index contributed by atoms with van der Waals surface area (Å²) in [5.74, 6) is 0.766. The molecule has 0 aromatic rings. The van der Waals surface area contributed by atoms with E-state index in [0.717, 1.165) is 18.0 Å². The van der Waals surface area contributed by atoms with Gasteiger partial charge in [-0.2, -0.15) is 10.2 Å². The lowest BCUT2D eigenvalue weighted by molar-refractivity contribution is 1.01. The number of amidine groups is 1. The molecular weight excluding hydrogens is 116 g/mol. The van der Waals surface area contributed by atoms with E-state index in [1.807, 2.05) is 6.92 Å². The number of nitrogens with one attached hydrogen (secondary N) is 1. The molecule has 4 nitrogen and oxygen atoms in total. The lowest BCUT2D eigenvalue weighted by Gasteiger charge is -1.92. The molecule has 0 radical (unpaired) electrons. The second-order valence-electron chi connectivity index (χ2n) is 1.83. The summed E-state index contributed by atoms with van der Waals surface area (Å²) in [6.07, 6.45) is 0.763. The van der Waals surface area contributed by atoms with Gasteiger partial charge in [-0.3, -0.25) is 5.43 Å². The lowest BCUT2D eigenvalue weighted by atomic mass is 10.3. The van der Waals surface area contributed by atoms with Crippen molar-refractivity contribution >= 4 is 18.3 Å². The zero-order valence-electron chi connectivity index (χ0n) is 5.26. The molecule has 0 unspecified atom stereocenters. The minimum atomic E-state index is 0.763. The van der Waals surface area contributed by atoms with Crippen LogP contribution in [0.4, 0.5) is 0 Å². The monoisotopic (exact) mass is 124 g/mol. The van der Waals surface area contributed by atoms with Gasteiger partial charge in [0.1, 0.15) is 0 Å². The van der Waals surface area contributed by atoms with Crippen LogP contribution in [0.1, 0.15) is 13.3 Å². The Morgan fingerprint density at radius 1 is 1.67 bits per heavy atom. The minimum Gasteiger partial charge on any atom is -0.264 e. The van der Waals surface area contributed by atoms with Crippen LogP contribution in [0.2, 0.25) is 0 Å². The minimum absolute atomic E-state index is 0.763. The Balaban J connectivity index is 2.43. The lowest BCUT2D eigenvalue weighted by Crippen LogP contribution is -2.15. The zero-order chi connectivity index (χ0) is 6.69. The summed E-state index contributed by atoms with van der Waals surface area (Å²) in [5, 5.41) is 11.0. The fourth-order valence-electron chi connectivity index (χ4n) is 0.612. The first kappa shape index (κ1) is 5.94. The van der Waals surface area contributed by atoms with E-state index in [0.29, 0.717) is 0 Å². The summed E-state index contributed by atoms with van der Waals surface area (Å²) < 4.78 is 0. The first-order valence-electron chi connectivity index (χ1n) is 2.64. The second-order valence-corrected chi connectivity index (χ2v) is 1.83. The molecule has 1 aliphatic rings. The average molecular weight is 124 g/mol. The molecule has 9 heavy (non-hydrogen) atoms. The summed E-state index contributed by atoms with van der Waals surface area (Å²) in [7, 11) is 0. The van der Waals surface area contributed by atoms with Crippen molar-refractivity contribution in [3.63, 3.8) is 0 Å². The summed E-state index contributed by atoms with van der Waals surface area (Å²) in [6, 6.07) is 0. The molecule has 0 fully saturated rings. The van der Waals surface area contributed by atoms with Gasteiger partial charge in [0.15, 0.2) is 5.84 Å². The highest BCUT2D eigenvalue weighted by Gasteiger charge is 2.05. The Morgan fingerprint density at radius 3 is 2.89 bits per heavy atom. The van der Waals surface area contributed by atoms with Crippen LogP contribution in [-0.4, -0.2) is 18.3 Å². The van der Waals surface area contributed by atoms with E-state index in [2.05, 4.69) is 27.4 Å². The first-order valence-corrected chi connectivity index (χ1v) is 2.64. The smallest absolute Gasteiger partial charge is 0.150 e. The maximum Gasteiger partial charge on any atom is 0.150 e. The predicted octanol–water partition coefficient (Wildman–Crippen LogP) is 0.370. The number of nitrogens with zero attached hydrogens (tertiary/aromatic N) is 3. The summed E-state index contributed by atoms with van der Waals surface area (Å²) in [6.45, 7) is 5.17. The predicted molar refractivity (Wildman–Crippen MR) is 37.8 cm³/mol. The van der Waals surface area contributed by atoms with Gasteiger partial charge in [-0.1, -0.05) is 0 Å². The Bertz CT molecular complexity index is 179. The standard InChI is InChI=1S/C5H8N4/c1-4-3-5(8-6-2)9-7-4/h2-3H2,1H3,(H,8,9). The Hall–Kier alpha value is -1.19. The number of rotatable bonds is 1. The third-order valence-electron chi connectivity index (χ3n) is 0.973. The topological polar surface area (TPSA) is 49.1 Å². The van der Waals surface area contributed by atoms with Crippen molar-refractivity contribution in [2.75, 3.05) is 0 Å². The molecule has 0 aromatic heterocycles. The molecule has 1 heterocycles. The third-order valence-corrected chi connectivity index (χ3v) is 0.973. The molecule has 1 N–H and O–H groups in total. The molecule has 0 atom stereocenters. The molecule has 0 spiro atoms. The first-order chi connectivity index (χ1) is 4.33. The molecule has 0 bridgehead atoms. The molecule has 1 rings (SSSR count). The van der Waals surface area contributed by atoms with E-state index in [1.54, 1.807) is 0 Å². The molecule has 0 aromatic carbocycles. The van der Waals surface area contributed by atoms with Crippen LogP contribution in [0.25, 0.3) is 0 Å². The van der Waals surface area contributed by atoms with Crippen molar-refractivity contribution in [3.8, 4) is 0 Å². The molecule has 0 saturated heterocycles.